The minimum absolute atomic E-state index is 0.00216. The summed E-state index contributed by atoms with van der Waals surface area (Å²) in [6.07, 6.45) is 0.731. The summed E-state index contributed by atoms with van der Waals surface area (Å²) >= 11 is 0. The van der Waals surface area contributed by atoms with E-state index in [0.29, 0.717) is 6.61 Å². The van der Waals surface area contributed by atoms with Crippen molar-refractivity contribution in [3.63, 3.8) is 0 Å². The molecule has 0 aromatic rings. The van der Waals surface area contributed by atoms with Crippen LogP contribution in [0.25, 0.3) is 0 Å². The highest BCUT2D eigenvalue weighted by Crippen LogP contribution is 2.58. The Labute approximate surface area is 123 Å². The number of ether oxygens (including phenoxy) is 1. The molecule has 4 unspecified atom stereocenters. The Morgan fingerprint density at radius 2 is 2.10 bits per heavy atom. The van der Waals surface area contributed by atoms with E-state index in [1.807, 2.05) is 13.8 Å². The summed E-state index contributed by atoms with van der Waals surface area (Å²) in [4.78, 5) is 37.1. The molecule has 0 aromatic heterocycles. The van der Waals surface area contributed by atoms with E-state index in [1.54, 1.807) is 0 Å². The Balaban J connectivity index is 1.77. The second-order valence-electron chi connectivity index (χ2n) is 6.80. The van der Waals surface area contributed by atoms with Gasteiger partial charge in [0.2, 0.25) is 11.8 Å². The van der Waals surface area contributed by atoms with Crippen LogP contribution in [0.3, 0.4) is 0 Å². The van der Waals surface area contributed by atoms with Crippen molar-refractivity contribution < 1.29 is 19.1 Å². The summed E-state index contributed by atoms with van der Waals surface area (Å²) in [7, 11) is 1.42. The van der Waals surface area contributed by atoms with Crippen LogP contribution in [0.4, 0.5) is 0 Å². The Hall–Kier alpha value is -1.47. The third kappa shape index (κ3) is 1.64. The summed E-state index contributed by atoms with van der Waals surface area (Å²) < 4.78 is 5.65. The lowest BCUT2D eigenvalue weighted by atomic mass is 9.48. The van der Waals surface area contributed by atoms with Crippen molar-refractivity contribution in [2.45, 2.75) is 44.4 Å². The first-order chi connectivity index (χ1) is 9.71. The van der Waals surface area contributed by atoms with Gasteiger partial charge in [-0.3, -0.25) is 19.3 Å². The first-order valence-corrected chi connectivity index (χ1v) is 7.23. The lowest BCUT2D eigenvalue weighted by Crippen LogP contribution is -2.80. The summed E-state index contributed by atoms with van der Waals surface area (Å²) in [5, 5.41) is 2.67. The average Bonchev–Trinajstić information content (AvgIpc) is 2.99. The molecular formula is C14H21N3O4. The normalized spacial score (nSPS) is 41.0. The second-order valence-corrected chi connectivity index (χ2v) is 6.80. The van der Waals surface area contributed by atoms with Crippen molar-refractivity contribution in [1.29, 1.82) is 0 Å². The number of likely N-dealkylation sites (tertiary alicyclic amines) is 1. The van der Waals surface area contributed by atoms with Crippen LogP contribution >= 0.6 is 0 Å². The Morgan fingerprint density at radius 3 is 2.67 bits per heavy atom. The number of fused-ring (bicyclic) bond motifs is 1. The van der Waals surface area contributed by atoms with Gasteiger partial charge in [-0.15, -0.1) is 0 Å². The molecule has 0 bridgehead atoms. The standard InChI is InChI=1S/C14H21N3O4/c1-13(2)10-7(4-5-21-10)14(13,15)12(20)16-8-6-9(18)17(3)11(8)19/h7-8,10H,4-6,15H2,1-3H3,(H,16,20). The van der Waals surface area contributed by atoms with Gasteiger partial charge >= 0.3 is 0 Å². The Bertz CT molecular complexity index is 532. The largest absolute Gasteiger partial charge is 0.377 e. The van der Waals surface area contributed by atoms with E-state index in [0.717, 1.165) is 11.3 Å². The van der Waals surface area contributed by atoms with E-state index >= 15 is 0 Å². The number of nitrogens with two attached hydrogens (primary N) is 1. The second kappa shape index (κ2) is 4.27. The van der Waals surface area contributed by atoms with Gasteiger partial charge in [-0.25, -0.2) is 0 Å². The minimum Gasteiger partial charge on any atom is -0.377 e. The Kier molecular flexibility index (Phi) is 2.94. The van der Waals surface area contributed by atoms with Gasteiger partial charge in [0.15, 0.2) is 0 Å². The highest BCUT2D eigenvalue weighted by molar-refractivity contribution is 6.07. The lowest BCUT2D eigenvalue weighted by Gasteiger charge is -2.60. The van der Waals surface area contributed by atoms with E-state index in [2.05, 4.69) is 5.32 Å². The summed E-state index contributed by atoms with van der Waals surface area (Å²) in [6.45, 7) is 4.42. The van der Waals surface area contributed by atoms with Crippen molar-refractivity contribution in [2.75, 3.05) is 13.7 Å². The van der Waals surface area contributed by atoms with Crippen LogP contribution in [0.15, 0.2) is 0 Å². The molecule has 7 nitrogen and oxygen atoms in total. The fourth-order valence-electron chi connectivity index (χ4n) is 3.99. The molecule has 3 rings (SSSR count). The van der Waals surface area contributed by atoms with Crippen LogP contribution in [0, 0.1) is 11.3 Å². The fraction of sp³-hybridized carbons (Fsp3) is 0.786. The van der Waals surface area contributed by atoms with Crippen LogP contribution in [0.1, 0.15) is 26.7 Å². The molecule has 4 atom stereocenters. The van der Waals surface area contributed by atoms with Crippen LogP contribution in [-0.4, -0.2) is 54.0 Å². The maximum atomic E-state index is 12.6. The highest BCUT2D eigenvalue weighted by Gasteiger charge is 2.71. The molecule has 3 N–H and O–H groups in total. The minimum atomic E-state index is -1.06. The molecule has 1 saturated carbocycles. The molecule has 2 heterocycles. The predicted molar refractivity (Wildman–Crippen MR) is 72.9 cm³/mol. The summed E-state index contributed by atoms with van der Waals surface area (Å²) in [6, 6.07) is -0.799. The molecule has 21 heavy (non-hydrogen) atoms. The third-order valence-corrected chi connectivity index (χ3v) is 5.52. The maximum Gasteiger partial charge on any atom is 0.252 e. The van der Waals surface area contributed by atoms with Crippen molar-refractivity contribution in [2.24, 2.45) is 17.1 Å². The number of likely N-dealkylation sites (N-methyl/N-ethyl adjacent to an activating group) is 1. The van der Waals surface area contributed by atoms with Crippen LogP contribution in [-0.2, 0) is 19.1 Å². The van der Waals surface area contributed by atoms with Crippen molar-refractivity contribution in [3.8, 4) is 0 Å². The molecule has 3 aliphatic rings. The molecule has 7 heteroatoms. The van der Waals surface area contributed by atoms with Crippen LogP contribution in [0.2, 0.25) is 0 Å². The lowest BCUT2D eigenvalue weighted by molar-refractivity contribution is -0.176. The maximum absolute atomic E-state index is 12.6. The topological polar surface area (TPSA) is 102 Å². The number of hydrogen-bond donors (Lipinski definition) is 2. The van der Waals surface area contributed by atoms with Gasteiger partial charge < -0.3 is 15.8 Å². The van der Waals surface area contributed by atoms with Gasteiger partial charge in [0.25, 0.3) is 5.91 Å². The fourth-order valence-corrected chi connectivity index (χ4v) is 3.99. The van der Waals surface area contributed by atoms with Gasteiger partial charge in [0, 0.05) is 25.0 Å². The highest BCUT2D eigenvalue weighted by atomic mass is 16.5. The third-order valence-electron chi connectivity index (χ3n) is 5.52. The zero-order valence-corrected chi connectivity index (χ0v) is 12.5. The predicted octanol–water partition coefficient (Wildman–Crippen LogP) is -0.998. The Morgan fingerprint density at radius 1 is 1.43 bits per heavy atom. The van der Waals surface area contributed by atoms with E-state index < -0.39 is 17.0 Å². The molecule has 0 radical (unpaired) electrons. The van der Waals surface area contributed by atoms with Gasteiger partial charge in [-0.2, -0.15) is 0 Å². The molecule has 2 saturated heterocycles. The number of rotatable bonds is 2. The average molecular weight is 295 g/mol. The number of imide groups is 1. The van der Waals surface area contributed by atoms with Crippen LogP contribution in [0.5, 0.6) is 0 Å². The molecule has 3 fully saturated rings. The molecule has 0 spiro atoms. The first kappa shape index (κ1) is 14.5. The number of nitrogens with one attached hydrogen (secondary N) is 1. The van der Waals surface area contributed by atoms with E-state index in [9.17, 15) is 14.4 Å². The number of hydrogen-bond acceptors (Lipinski definition) is 5. The van der Waals surface area contributed by atoms with Crippen molar-refractivity contribution in [1.82, 2.24) is 10.2 Å². The van der Waals surface area contributed by atoms with Gasteiger partial charge in [0.1, 0.15) is 11.6 Å². The van der Waals surface area contributed by atoms with E-state index in [4.69, 9.17) is 10.5 Å². The summed E-state index contributed by atoms with van der Waals surface area (Å²) in [5.41, 5.74) is 4.85. The SMILES string of the molecule is CN1C(=O)CC(NC(=O)C2(N)C3CCOC3C2(C)C)C1=O. The van der Waals surface area contributed by atoms with Crippen molar-refractivity contribution in [3.05, 3.63) is 0 Å². The molecule has 0 aromatic carbocycles. The van der Waals surface area contributed by atoms with Gasteiger partial charge in [0.05, 0.1) is 12.5 Å². The van der Waals surface area contributed by atoms with E-state index in [-0.39, 0.29) is 36.2 Å². The first-order valence-electron chi connectivity index (χ1n) is 7.23. The monoisotopic (exact) mass is 295 g/mol. The zero-order chi connectivity index (χ0) is 15.6. The number of carbonyl (C=O) groups excluding carboxylic acids is 3. The zero-order valence-electron chi connectivity index (χ0n) is 12.5. The van der Waals surface area contributed by atoms with E-state index in [1.165, 1.54) is 7.05 Å². The quantitative estimate of drug-likeness (QED) is 0.636. The van der Waals surface area contributed by atoms with Gasteiger partial charge in [-0.1, -0.05) is 13.8 Å². The number of amides is 3. The summed E-state index contributed by atoms with van der Waals surface area (Å²) in [5.74, 6) is -1.06. The molecule has 2 aliphatic heterocycles. The number of nitrogens with zero attached hydrogens (tertiary/aromatic N) is 1. The van der Waals surface area contributed by atoms with Crippen LogP contribution < -0.4 is 11.1 Å². The smallest absolute Gasteiger partial charge is 0.252 e. The molecule has 3 amide bonds. The van der Waals surface area contributed by atoms with Crippen molar-refractivity contribution >= 4 is 17.7 Å². The molecule has 116 valence electrons. The number of carbonyl (C=O) groups is 3. The molecular weight excluding hydrogens is 274 g/mol. The molecule has 1 aliphatic carbocycles. The van der Waals surface area contributed by atoms with Gasteiger partial charge in [-0.05, 0) is 6.42 Å².